The number of rotatable bonds is 2. The molecule has 1 fully saturated rings. The topological polar surface area (TPSA) is 39.1 Å². The van der Waals surface area contributed by atoms with Gasteiger partial charge in [-0.25, -0.2) is 0 Å². The van der Waals surface area contributed by atoms with Crippen LogP contribution in [-0.4, -0.2) is 30.6 Å². The summed E-state index contributed by atoms with van der Waals surface area (Å²) in [7, 11) is 0. The molecule has 3 nitrogen and oxygen atoms in total. The van der Waals surface area contributed by atoms with Crippen LogP contribution in [0.4, 0.5) is 0 Å². The lowest BCUT2D eigenvalue weighted by atomic mass is 10.0. The zero-order valence-corrected chi connectivity index (χ0v) is 9.56. The van der Waals surface area contributed by atoms with Crippen LogP contribution in [0.1, 0.15) is 18.5 Å². The highest BCUT2D eigenvalue weighted by Gasteiger charge is 2.26. The maximum atomic E-state index is 9.13. The van der Waals surface area contributed by atoms with Crippen molar-refractivity contribution in [3.8, 4) is 6.07 Å². The van der Waals surface area contributed by atoms with Crippen LogP contribution in [0.25, 0.3) is 0 Å². The molecule has 3 heteroatoms. The first-order valence-electron chi connectivity index (χ1n) is 5.74. The van der Waals surface area contributed by atoms with Gasteiger partial charge in [0.2, 0.25) is 0 Å². The molecule has 2 unspecified atom stereocenters. The van der Waals surface area contributed by atoms with E-state index >= 15 is 0 Å². The van der Waals surface area contributed by atoms with Crippen LogP contribution in [0.15, 0.2) is 30.3 Å². The Balaban J connectivity index is 2.14. The number of piperazine rings is 1. The van der Waals surface area contributed by atoms with Crippen molar-refractivity contribution in [3.05, 3.63) is 35.9 Å². The number of hydrogen-bond acceptors (Lipinski definition) is 3. The van der Waals surface area contributed by atoms with Crippen molar-refractivity contribution in [1.29, 1.82) is 5.26 Å². The van der Waals surface area contributed by atoms with Gasteiger partial charge in [-0.1, -0.05) is 30.3 Å². The van der Waals surface area contributed by atoms with Crippen molar-refractivity contribution in [3.63, 3.8) is 0 Å². The van der Waals surface area contributed by atoms with Gasteiger partial charge in [-0.05, 0) is 12.5 Å². The average Bonchev–Trinajstić information content (AvgIpc) is 2.39. The Labute approximate surface area is 96.7 Å². The highest BCUT2D eigenvalue weighted by Crippen LogP contribution is 2.22. The van der Waals surface area contributed by atoms with Gasteiger partial charge >= 0.3 is 0 Å². The summed E-state index contributed by atoms with van der Waals surface area (Å²) < 4.78 is 0. The lowest BCUT2D eigenvalue weighted by Crippen LogP contribution is -2.51. The van der Waals surface area contributed by atoms with E-state index in [0.29, 0.717) is 6.04 Å². The van der Waals surface area contributed by atoms with E-state index in [4.69, 9.17) is 5.26 Å². The molecule has 1 N–H and O–H groups in total. The van der Waals surface area contributed by atoms with Crippen molar-refractivity contribution in [2.24, 2.45) is 0 Å². The Bertz CT molecular complexity index is 369. The molecule has 1 heterocycles. The summed E-state index contributed by atoms with van der Waals surface area (Å²) in [6, 6.07) is 13.0. The number of nitriles is 1. The fourth-order valence-electron chi connectivity index (χ4n) is 2.23. The predicted octanol–water partition coefficient (Wildman–Crippen LogP) is 1.54. The van der Waals surface area contributed by atoms with E-state index in [2.05, 4.69) is 47.5 Å². The Hall–Kier alpha value is -1.37. The fraction of sp³-hybridized carbons (Fsp3) is 0.462. The predicted molar refractivity (Wildman–Crippen MR) is 63.8 cm³/mol. The van der Waals surface area contributed by atoms with Crippen LogP contribution in [0.2, 0.25) is 0 Å². The summed E-state index contributed by atoms with van der Waals surface area (Å²) in [5.74, 6) is 0. The maximum absolute atomic E-state index is 9.13. The number of hydrogen-bond donors (Lipinski definition) is 1. The lowest BCUT2D eigenvalue weighted by molar-refractivity contribution is 0.147. The van der Waals surface area contributed by atoms with E-state index < -0.39 is 0 Å². The zero-order valence-electron chi connectivity index (χ0n) is 9.56. The molecule has 1 aromatic carbocycles. The zero-order chi connectivity index (χ0) is 11.4. The molecule has 0 radical (unpaired) electrons. The second-order valence-electron chi connectivity index (χ2n) is 4.17. The standard InChI is InChI=1S/C13H17N3/c1-11(12-5-3-2-4-6-12)16-8-7-15-10-13(16)9-14/h2-6,11,13,15H,7-8,10H2,1H3. The van der Waals surface area contributed by atoms with Crippen molar-refractivity contribution in [2.75, 3.05) is 19.6 Å². The first-order valence-corrected chi connectivity index (χ1v) is 5.74. The Kier molecular flexibility index (Phi) is 3.55. The van der Waals surface area contributed by atoms with Gasteiger partial charge < -0.3 is 5.32 Å². The van der Waals surface area contributed by atoms with E-state index in [-0.39, 0.29) is 6.04 Å². The molecule has 16 heavy (non-hydrogen) atoms. The van der Waals surface area contributed by atoms with E-state index in [1.165, 1.54) is 5.56 Å². The molecule has 0 saturated carbocycles. The number of benzene rings is 1. The summed E-state index contributed by atoms with van der Waals surface area (Å²) in [6.45, 7) is 4.85. The van der Waals surface area contributed by atoms with Gasteiger partial charge in [0.15, 0.2) is 0 Å². The van der Waals surface area contributed by atoms with Crippen LogP contribution in [0.5, 0.6) is 0 Å². The molecular formula is C13H17N3. The molecule has 0 aromatic heterocycles. The molecule has 0 spiro atoms. The third kappa shape index (κ3) is 2.24. The molecule has 1 aromatic rings. The van der Waals surface area contributed by atoms with Crippen molar-refractivity contribution < 1.29 is 0 Å². The second kappa shape index (κ2) is 5.11. The van der Waals surface area contributed by atoms with Crippen LogP contribution in [0, 0.1) is 11.3 Å². The third-order valence-electron chi connectivity index (χ3n) is 3.21. The highest BCUT2D eigenvalue weighted by molar-refractivity contribution is 5.19. The minimum Gasteiger partial charge on any atom is -0.313 e. The molecule has 1 saturated heterocycles. The molecule has 2 atom stereocenters. The minimum absolute atomic E-state index is 0.0102. The summed E-state index contributed by atoms with van der Waals surface area (Å²) in [6.07, 6.45) is 0. The Morgan fingerprint density at radius 3 is 2.88 bits per heavy atom. The SMILES string of the molecule is CC(c1ccccc1)N1CCNCC1C#N. The van der Waals surface area contributed by atoms with Crippen molar-refractivity contribution in [2.45, 2.75) is 19.0 Å². The first kappa shape index (κ1) is 11.1. The summed E-state index contributed by atoms with van der Waals surface area (Å²) in [4.78, 5) is 2.27. The second-order valence-corrected chi connectivity index (χ2v) is 4.17. The van der Waals surface area contributed by atoms with E-state index in [9.17, 15) is 0 Å². The minimum atomic E-state index is -0.0102. The van der Waals surface area contributed by atoms with Crippen LogP contribution in [-0.2, 0) is 0 Å². The van der Waals surface area contributed by atoms with E-state index in [1.807, 2.05) is 6.07 Å². The van der Waals surface area contributed by atoms with Crippen LogP contribution >= 0.6 is 0 Å². The van der Waals surface area contributed by atoms with Gasteiger partial charge in [-0.2, -0.15) is 5.26 Å². The average molecular weight is 215 g/mol. The van der Waals surface area contributed by atoms with E-state index in [0.717, 1.165) is 19.6 Å². The highest BCUT2D eigenvalue weighted by atomic mass is 15.2. The lowest BCUT2D eigenvalue weighted by Gasteiger charge is -2.36. The smallest absolute Gasteiger partial charge is 0.111 e. The molecular weight excluding hydrogens is 198 g/mol. The van der Waals surface area contributed by atoms with E-state index in [1.54, 1.807) is 0 Å². The summed E-state index contributed by atoms with van der Waals surface area (Å²) >= 11 is 0. The first-order chi connectivity index (χ1) is 7.83. The van der Waals surface area contributed by atoms with Crippen molar-refractivity contribution in [1.82, 2.24) is 10.2 Å². The van der Waals surface area contributed by atoms with Crippen molar-refractivity contribution >= 4 is 0 Å². The number of nitrogens with one attached hydrogen (secondary N) is 1. The molecule has 0 bridgehead atoms. The molecule has 0 aliphatic carbocycles. The Morgan fingerprint density at radius 2 is 2.19 bits per heavy atom. The van der Waals surface area contributed by atoms with Gasteiger partial charge in [-0.15, -0.1) is 0 Å². The van der Waals surface area contributed by atoms with Gasteiger partial charge in [0.25, 0.3) is 0 Å². The van der Waals surface area contributed by atoms with Gasteiger partial charge in [0, 0.05) is 25.7 Å². The molecule has 0 amide bonds. The maximum Gasteiger partial charge on any atom is 0.111 e. The van der Waals surface area contributed by atoms with Gasteiger partial charge in [0.05, 0.1) is 6.07 Å². The largest absolute Gasteiger partial charge is 0.313 e. The van der Waals surface area contributed by atoms with Crippen LogP contribution in [0.3, 0.4) is 0 Å². The number of nitrogens with zero attached hydrogens (tertiary/aromatic N) is 2. The van der Waals surface area contributed by atoms with Gasteiger partial charge in [-0.3, -0.25) is 4.90 Å². The molecule has 1 aliphatic heterocycles. The normalized spacial score (nSPS) is 23.6. The Morgan fingerprint density at radius 1 is 1.44 bits per heavy atom. The fourth-order valence-corrected chi connectivity index (χ4v) is 2.23. The van der Waals surface area contributed by atoms with Gasteiger partial charge in [0.1, 0.15) is 6.04 Å². The summed E-state index contributed by atoms with van der Waals surface area (Å²) in [5.41, 5.74) is 1.28. The van der Waals surface area contributed by atoms with Crippen LogP contribution < -0.4 is 5.32 Å². The third-order valence-corrected chi connectivity index (χ3v) is 3.21. The monoisotopic (exact) mass is 215 g/mol. The molecule has 2 rings (SSSR count). The molecule has 84 valence electrons. The quantitative estimate of drug-likeness (QED) is 0.813. The summed E-state index contributed by atoms with van der Waals surface area (Å²) in [5, 5.41) is 12.4. The molecule has 1 aliphatic rings.